The first-order valence-electron chi connectivity index (χ1n) is 8.95. The smallest absolute Gasteiger partial charge is 0.326 e. The summed E-state index contributed by atoms with van der Waals surface area (Å²) < 4.78 is 1.67. The highest BCUT2D eigenvalue weighted by Gasteiger charge is 2.24. The molecule has 5 rings (SSSR count). The first-order valence-corrected chi connectivity index (χ1v) is 8.95. The number of rotatable bonds is 3. The van der Waals surface area contributed by atoms with Crippen LogP contribution >= 0.6 is 0 Å². The number of imidazole rings is 1. The molecule has 27 heavy (non-hydrogen) atoms. The Morgan fingerprint density at radius 2 is 2.15 bits per heavy atom. The van der Waals surface area contributed by atoms with E-state index in [1.807, 2.05) is 11.0 Å². The maximum atomic E-state index is 11.4. The van der Waals surface area contributed by atoms with E-state index in [0.29, 0.717) is 35.4 Å². The molecule has 0 aromatic carbocycles. The predicted molar refractivity (Wildman–Crippen MR) is 96.3 cm³/mol. The van der Waals surface area contributed by atoms with Crippen LogP contribution < -0.4 is 21.3 Å². The second-order valence-electron chi connectivity index (χ2n) is 7.04. The van der Waals surface area contributed by atoms with E-state index in [9.17, 15) is 15.0 Å². The molecule has 10 nitrogen and oxygen atoms in total. The predicted octanol–water partition coefficient (Wildman–Crippen LogP) is -1.37. The third kappa shape index (κ3) is 2.97. The molecule has 140 valence electrons. The molecule has 3 aromatic rings. The molecule has 1 saturated heterocycles. The molecule has 4 N–H and O–H groups in total. The Bertz CT molecular complexity index is 1190. The lowest BCUT2D eigenvalue weighted by Gasteiger charge is -2.16. The number of aromatic nitrogens is 5. The number of aromatic hydroxyl groups is 1. The van der Waals surface area contributed by atoms with Gasteiger partial charge in [0.15, 0.2) is 11.1 Å². The molecular weight excluding hydrogens is 350 g/mol. The third-order valence-electron chi connectivity index (χ3n) is 4.85. The van der Waals surface area contributed by atoms with Crippen molar-refractivity contribution in [2.24, 2.45) is 4.99 Å². The molecule has 10 heteroatoms. The largest absolute Gasteiger partial charge is 0.493 e. The van der Waals surface area contributed by atoms with Gasteiger partial charge in [0.1, 0.15) is 11.5 Å². The van der Waals surface area contributed by atoms with Crippen LogP contribution in [0.2, 0.25) is 0 Å². The fourth-order valence-corrected chi connectivity index (χ4v) is 3.30. The Hall–Kier alpha value is -3.14. The van der Waals surface area contributed by atoms with E-state index < -0.39 is 5.69 Å². The van der Waals surface area contributed by atoms with Gasteiger partial charge in [-0.2, -0.15) is 9.61 Å². The van der Waals surface area contributed by atoms with Crippen molar-refractivity contribution in [2.45, 2.75) is 31.4 Å². The van der Waals surface area contributed by atoms with Gasteiger partial charge in [0.05, 0.1) is 18.3 Å². The first kappa shape index (κ1) is 16.1. The second kappa shape index (κ2) is 5.95. The second-order valence-corrected chi connectivity index (χ2v) is 7.04. The van der Waals surface area contributed by atoms with Crippen LogP contribution in [0.5, 0.6) is 5.88 Å². The highest BCUT2D eigenvalue weighted by atomic mass is 16.3. The van der Waals surface area contributed by atoms with Crippen molar-refractivity contribution in [1.82, 2.24) is 24.6 Å². The number of nitrogens with one attached hydrogen (secondary N) is 2. The van der Waals surface area contributed by atoms with Crippen molar-refractivity contribution in [3.63, 3.8) is 0 Å². The summed E-state index contributed by atoms with van der Waals surface area (Å²) in [6, 6.07) is 2.21. The number of nitrogens with zero attached hydrogens (tertiary/aromatic N) is 5. The lowest BCUT2D eigenvalue weighted by Crippen LogP contribution is -2.27. The maximum absolute atomic E-state index is 11.4. The molecule has 3 aromatic heterocycles. The summed E-state index contributed by atoms with van der Waals surface area (Å²) >= 11 is 0. The maximum Gasteiger partial charge on any atom is 0.326 e. The quantitative estimate of drug-likeness (QED) is 0.450. The Balaban J connectivity index is 1.71. The standard InChI is InChI=1S/C17H19N7O3/c25-11-3-4-23(8-11)13-6-14(19-10-1-2-10)24-15(21-13)9(7-18-24)5-12-16(26)22-17(27)20-12/h5-7,10-11,25-26H,1-4,8H2,(H2,20,22,27)/b9-5+,19-14?/t11-/m0/s1. The zero-order valence-electron chi connectivity index (χ0n) is 14.5. The Morgan fingerprint density at radius 3 is 2.81 bits per heavy atom. The summed E-state index contributed by atoms with van der Waals surface area (Å²) in [5.74, 6) is 0.501. The number of β-amino-alcohol motifs (C(OH)–C–C–N with tert-alkyl or cyclic N) is 1. The first-order chi connectivity index (χ1) is 13.1. The molecule has 0 bridgehead atoms. The zero-order valence-corrected chi connectivity index (χ0v) is 14.5. The molecule has 0 radical (unpaired) electrons. The van der Waals surface area contributed by atoms with Gasteiger partial charge < -0.3 is 20.1 Å². The number of aromatic amines is 2. The number of anilines is 1. The van der Waals surface area contributed by atoms with Gasteiger partial charge >= 0.3 is 5.69 Å². The fraction of sp³-hybridized carbons (Fsp3) is 0.412. The van der Waals surface area contributed by atoms with Crippen LogP contribution in [0.1, 0.15) is 25.0 Å². The van der Waals surface area contributed by atoms with Crippen LogP contribution in [0.4, 0.5) is 5.82 Å². The van der Waals surface area contributed by atoms with Gasteiger partial charge in [-0.3, -0.25) is 9.98 Å². The van der Waals surface area contributed by atoms with E-state index in [-0.39, 0.29) is 17.7 Å². The molecule has 0 unspecified atom stereocenters. The summed E-state index contributed by atoms with van der Waals surface area (Å²) in [7, 11) is 0. The van der Waals surface area contributed by atoms with Gasteiger partial charge in [0.25, 0.3) is 0 Å². The molecule has 2 aliphatic rings. The molecular formula is C17H19N7O3. The van der Waals surface area contributed by atoms with Gasteiger partial charge in [-0.15, -0.1) is 0 Å². The minimum atomic E-state index is -0.487. The number of H-pyrrole nitrogens is 2. The number of fused-ring (bicyclic) bond motifs is 1. The van der Waals surface area contributed by atoms with Gasteiger partial charge in [0, 0.05) is 24.4 Å². The minimum Gasteiger partial charge on any atom is -0.493 e. The summed E-state index contributed by atoms with van der Waals surface area (Å²) in [5, 5.41) is 24.7. The zero-order chi connectivity index (χ0) is 18.5. The molecule has 2 fully saturated rings. The summed E-state index contributed by atoms with van der Waals surface area (Å²) in [4.78, 5) is 27.7. The lowest BCUT2D eigenvalue weighted by molar-refractivity contribution is 0.198. The van der Waals surface area contributed by atoms with Crippen LogP contribution in [0.25, 0.3) is 11.7 Å². The van der Waals surface area contributed by atoms with E-state index in [2.05, 4.69) is 15.1 Å². The van der Waals surface area contributed by atoms with Crippen LogP contribution in [-0.2, 0) is 0 Å². The minimum absolute atomic E-state index is 0.235. The van der Waals surface area contributed by atoms with Crippen molar-refractivity contribution in [3.8, 4) is 5.88 Å². The lowest BCUT2D eigenvalue weighted by atomic mass is 10.3. The Morgan fingerprint density at radius 1 is 1.30 bits per heavy atom. The topological polar surface area (TPSA) is 135 Å². The molecule has 1 aliphatic heterocycles. The van der Waals surface area contributed by atoms with E-state index >= 15 is 0 Å². The molecule has 1 atom stereocenters. The summed E-state index contributed by atoms with van der Waals surface area (Å²) in [6.07, 6.45) is 5.73. The monoisotopic (exact) mass is 369 g/mol. The Kier molecular flexibility index (Phi) is 3.54. The van der Waals surface area contributed by atoms with E-state index in [1.54, 1.807) is 16.8 Å². The average Bonchev–Trinajstić information content (AvgIpc) is 3.04. The molecule has 1 saturated carbocycles. The van der Waals surface area contributed by atoms with Crippen LogP contribution in [0.15, 0.2) is 22.1 Å². The SMILES string of the molecule is O=c1[nH]c(O)c(/C=c2\cnn3c(=NC4CC4)cc(N4CC[C@H](O)C4)nc23)[nH]1. The van der Waals surface area contributed by atoms with Crippen molar-refractivity contribution in [1.29, 1.82) is 0 Å². The van der Waals surface area contributed by atoms with Crippen LogP contribution in [0, 0.1) is 0 Å². The van der Waals surface area contributed by atoms with E-state index in [4.69, 9.17) is 9.98 Å². The van der Waals surface area contributed by atoms with E-state index in [0.717, 1.165) is 25.2 Å². The highest BCUT2D eigenvalue weighted by molar-refractivity contribution is 5.58. The highest BCUT2D eigenvalue weighted by Crippen LogP contribution is 2.23. The van der Waals surface area contributed by atoms with Gasteiger partial charge in [-0.05, 0) is 25.3 Å². The average molecular weight is 369 g/mol. The molecule has 0 spiro atoms. The molecule has 4 heterocycles. The summed E-state index contributed by atoms with van der Waals surface area (Å²) in [5.41, 5.74) is 1.07. The van der Waals surface area contributed by atoms with Gasteiger partial charge in [-0.25, -0.2) is 9.78 Å². The Labute approximate surface area is 152 Å². The third-order valence-corrected chi connectivity index (χ3v) is 4.85. The van der Waals surface area contributed by atoms with Crippen molar-refractivity contribution in [2.75, 3.05) is 18.0 Å². The van der Waals surface area contributed by atoms with Gasteiger partial charge in [0.2, 0.25) is 5.88 Å². The number of hydrogen-bond acceptors (Lipinski definition) is 7. The molecule has 1 aliphatic carbocycles. The fourth-order valence-electron chi connectivity index (χ4n) is 3.30. The number of aliphatic hydroxyl groups is 1. The van der Waals surface area contributed by atoms with Crippen molar-refractivity contribution < 1.29 is 10.2 Å². The molecule has 0 amide bonds. The van der Waals surface area contributed by atoms with Crippen LogP contribution in [0.3, 0.4) is 0 Å². The number of aliphatic hydroxyl groups excluding tert-OH is 1. The van der Waals surface area contributed by atoms with Crippen molar-refractivity contribution >= 4 is 17.5 Å². The van der Waals surface area contributed by atoms with Crippen molar-refractivity contribution in [3.05, 3.63) is 39.1 Å². The van der Waals surface area contributed by atoms with Crippen LogP contribution in [-0.4, -0.2) is 60.0 Å². The van der Waals surface area contributed by atoms with E-state index in [1.165, 1.54) is 0 Å². The van der Waals surface area contributed by atoms with Gasteiger partial charge in [-0.1, -0.05) is 0 Å². The number of hydrogen-bond donors (Lipinski definition) is 4. The summed E-state index contributed by atoms with van der Waals surface area (Å²) in [6.45, 7) is 1.26. The normalized spacial score (nSPS) is 21.7.